The number of pyridine rings is 1. The molecule has 0 bridgehead atoms. The van der Waals surface area contributed by atoms with Crippen LogP contribution in [0.3, 0.4) is 0 Å². The predicted molar refractivity (Wildman–Crippen MR) is 72.1 cm³/mol. The number of hydrogen-bond acceptors (Lipinski definition) is 3. The van der Waals surface area contributed by atoms with Crippen molar-refractivity contribution in [2.75, 3.05) is 6.61 Å². The molecule has 0 aliphatic rings. The molecule has 0 fully saturated rings. The molecule has 0 unspecified atom stereocenters. The van der Waals surface area contributed by atoms with Gasteiger partial charge in [-0.2, -0.15) is 5.26 Å². The van der Waals surface area contributed by atoms with Crippen molar-refractivity contribution in [2.24, 2.45) is 0 Å². The van der Waals surface area contributed by atoms with Gasteiger partial charge in [0.2, 0.25) is 0 Å². The van der Waals surface area contributed by atoms with E-state index < -0.39 is 0 Å². The maximum atomic E-state index is 12.1. The van der Waals surface area contributed by atoms with Crippen LogP contribution in [0.1, 0.15) is 18.1 Å². The van der Waals surface area contributed by atoms with Gasteiger partial charge in [0.15, 0.2) is 5.75 Å². The highest BCUT2D eigenvalue weighted by Gasteiger charge is 2.06. The zero-order valence-electron chi connectivity index (χ0n) is 10.7. The van der Waals surface area contributed by atoms with Crippen molar-refractivity contribution in [3.8, 4) is 11.8 Å². The van der Waals surface area contributed by atoms with Crippen molar-refractivity contribution < 1.29 is 4.74 Å². The summed E-state index contributed by atoms with van der Waals surface area (Å²) in [5.41, 5.74) is 1.22. The highest BCUT2D eigenvalue weighted by Crippen LogP contribution is 2.09. The summed E-state index contributed by atoms with van der Waals surface area (Å²) >= 11 is 0. The third-order valence-electron chi connectivity index (χ3n) is 2.76. The molecule has 1 heterocycles. The Labute approximate surface area is 111 Å². The molecule has 0 N–H and O–H groups in total. The van der Waals surface area contributed by atoms with Gasteiger partial charge in [-0.1, -0.05) is 18.2 Å². The summed E-state index contributed by atoms with van der Waals surface area (Å²) in [6, 6.07) is 12.8. The van der Waals surface area contributed by atoms with Crippen LogP contribution in [0.5, 0.6) is 5.75 Å². The lowest BCUT2D eigenvalue weighted by Crippen LogP contribution is -2.22. The fourth-order valence-electron chi connectivity index (χ4n) is 1.86. The highest BCUT2D eigenvalue weighted by molar-refractivity contribution is 5.37. The average molecular weight is 254 g/mol. The number of ether oxygens (including phenoxy) is 1. The number of aromatic nitrogens is 1. The Balaban J connectivity index is 2.37. The zero-order chi connectivity index (χ0) is 13.7. The molecule has 0 spiro atoms. The lowest BCUT2D eigenvalue weighted by molar-refractivity contribution is 0.332. The molecule has 4 nitrogen and oxygen atoms in total. The van der Waals surface area contributed by atoms with E-state index in [4.69, 9.17) is 10.00 Å². The molecule has 96 valence electrons. The molecule has 2 aromatic rings. The van der Waals surface area contributed by atoms with E-state index >= 15 is 0 Å². The second-order valence-electron chi connectivity index (χ2n) is 4.01. The van der Waals surface area contributed by atoms with E-state index in [0.717, 1.165) is 5.56 Å². The average Bonchev–Trinajstić information content (AvgIpc) is 2.44. The van der Waals surface area contributed by atoms with Crippen molar-refractivity contribution in [1.29, 1.82) is 5.26 Å². The van der Waals surface area contributed by atoms with Crippen molar-refractivity contribution >= 4 is 0 Å². The standard InChI is InChI=1S/C15H14N2O2/c1-2-19-14-8-5-9-17(15(14)18)11-13-7-4-3-6-12(13)10-16/h3-9H,2,11H2,1H3. The molecule has 1 aromatic heterocycles. The van der Waals surface area contributed by atoms with Gasteiger partial charge in [-0.3, -0.25) is 4.79 Å². The molecule has 0 amide bonds. The van der Waals surface area contributed by atoms with Gasteiger partial charge in [-0.05, 0) is 30.7 Å². The van der Waals surface area contributed by atoms with E-state index in [1.54, 1.807) is 35.0 Å². The summed E-state index contributed by atoms with van der Waals surface area (Å²) in [6.07, 6.45) is 1.69. The fourth-order valence-corrected chi connectivity index (χ4v) is 1.86. The third kappa shape index (κ3) is 2.83. The monoisotopic (exact) mass is 254 g/mol. The topological polar surface area (TPSA) is 55.0 Å². The van der Waals surface area contributed by atoms with Crippen LogP contribution >= 0.6 is 0 Å². The van der Waals surface area contributed by atoms with Gasteiger partial charge in [0.1, 0.15) is 0 Å². The molecule has 0 atom stereocenters. The van der Waals surface area contributed by atoms with Crippen LogP contribution < -0.4 is 10.3 Å². The summed E-state index contributed by atoms with van der Waals surface area (Å²) in [7, 11) is 0. The summed E-state index contributed by atoms with van der Waals surface area (Å²) in [4.78, 5) is 12.1. The zero-order valence-corrected chi connectivity index (χ0v) is 10.7. The van der Waals surface area contributed by atoms with Gasteiger partial charge in [0, 0.05) is 6.20 Å². The molecule has 1 aromatic carbocycles. The number of rotatable bonds is 4. The first kappa shape index (κ1) is 12.9. The second kappa shape index (κ2) is 5.87. The van der Waals surface area contributed by atoms with Crippen LogP contribution in [0, 0.1) is 11.3 Å². The van der Waals surface area contributed by atoms with Gasteiger partial charge in [0.25, 0.3) is 5.56 Å². The van der Waals surface area contributed by atoms with Gasteiger partial charge in [-0.25, -0.2) is 0 Å². The van der Waals surface area contributed by atoms with Crippen LogP contribution in [-0.4, -0.2) is 11.2 Å². The highest BCUT2D eigenvalue weighted by atomic mass is 16.5. The number of benzene rings is 1. The normalized spacial score (nSPS) is 9.89. The van der Waals surface area contributed by atoms with Gasteiger partial charge in [0.05, 0.1) is 24.8 Å². The van der Waals surface area contributed by atoms with Gasteiger partial charge >= 0.3 is 0 Å². The quantitative estimate of drug-likeness (QED) is 0.840. The van der Waals surface area contributed by atoms with Crippen molar-refractivity contribution in [2.45, 2.75) is 13.5 Å². The molecule has 0 aliphatic heterocycles. The summed E-state index contributed by atoms with van der Waals surface area (Å²) in [5.74, 6) is 0.333. The SMILES string of the molecule is CCOc1cccn(Cc2ccccc2C#N)c1=O. The molecule has 0 saturated carbocycles. The minimum Gasteiger partial charge on any atom is -0.488 e. The van der Waals surface area contributed by atoms with E-state index in [1.165, 1.54) is 0 Å². The Morgan fingerprint density at radius 2 is 2.05 bits per heavy atom. The molecular weight excluding hydrogens is 240 g/mol. The van der Waals surface area contributed by atoms with Crippen LogP contribution in [0.4, 0.5) is 0 Å². The Bertz CT molecular complexity index is 668. The Hall–Kier alpha value is -2.54. The maximum absolute atomic E-state index is 12.1. The van der Waals surface area contributed by atoms with E-state index in [1.807, 2.05) is 19.1 Å². The van der Waals surface area contributed by atoms with Crippen LogP contribution in [0.15, 0.2) is 47.4 Å². The van der Waals surface area contributed by atoms with E-state index in [0.29, 0.717) is 24.5 Å². The lowest BCUT2D eigenvalue weighted by atomic mass is 10.1. The van der Waals surface area contributed by atoms with E-state index in [9.17, 15) is 4.79 Å². The summed E-state index contributed by atoms with van der Waals surface area (Å²) < 4.78 is 6.82. The van der Waals surface area contributed by atoms with Crippen LogP contribution in [-0.2, 0) is 6.54 Å². The van der Waals surface area contributed by atoms with Crippen molar-refractivity contribution in [1.82, 2.24) is 4.57 Å². The van der Waals surface area contributed by atoms with Crippen molar-refractivity contribution in [3.05, 3.63) is 64.1 Å². The third-order valence-corrected chi connectivity index (χ3v) is 2.76. The molecule has 0 aliphatic carbocycles. The number of hydrogen-bond donors (Lipinski definition) is 0. The minimum absolute atomic E-state index is 0.183. The fraction of sp³-hybridized carbons (Fsp3) is 0.200. The summed E-state index contributed by atoms with van der Waals surface area (Å²) in [6.45, 7) is 2.65. The lowest BCUT2D eigenvalue weighted by Gasteiger charge is -2.09. The molecule has 2 rings (SSSR count). The minimum atomic E-state index is -0.183. The van der Waals surface area contributed by atoms with Gasteiger partial charge in [-0.15, -0.1) is 0 Å². The predicted octanol–water partition coefficient (Wildman–Crippen LogP) is 2.17. The Kier molecular flexibility index (Phi) is 3.99. The first-order chi connectivity index (χ1) is 9.26. The molecule has 0 radical (unpaired) electrons. The van der Waals surface area contributed by atoms with Crippen LogP contribution in [0.25, 0.3) is 0 Å². The van der Waals surface area contributed by atoms with E-state index in [2.05, 4.69) is 6.07 Å². The number of nitrogens with zero attached hydrogens (tertiary/aromatic N) is 2. The van der Waals surface area contributed by atoms with Crippen LogP contribution in [0.2, 0.25) is 0 Å². The van der Waals surface area contributed by atoms with Crippen molar-refractivity contribution in [3.63, 3.8) is 0 Å². The largest absolute Gasteiger partial charge is 0.488 e. The first-order valence-electron chi connectivity index (χ1n) is 6.06. The summed E-state index contributed by atoms with van der Waals surface area (Å²) in [5, 5.41) is 9.04. The van der Waals surface area contributed by atoms with E-state index in [-0.39, 0.29) is 5.56 Å². The second-order valence-corrected chi connectivity index (χ2v) is 4.01. The Morgan fingerprint density at radius 1 is 1.26 bits per heavy atom. The molecule has 4 heteroatoms. The first-order valence-corrected chi connectivity index (χ1v) is 6.06. The smallest absolute Gasteiger partial charge is 0.293 e. The molecule has 0 saturated heterocycles. The van der Waals surface area contributed by atoms with Gasteiger partial charge < -0.3 is 9.30 Å². The maximum Gasteiger partial charge on any atom is 0.293 e. The number of nitriles is 1. The molecule has 19 heavy (non-hydrogen) atoms. The molecular formula is C15H14N2O2. The Morgan fingerprint density at radius 3 is 2.79 bits per heavy atom.